The summed E-state index contributed by atoms with van der Waals surface area (Å²) in [7, 11) is 0. The maximum absolute atomic E-state index is 5.30. The van der Waals surface area contributed by atoms with E-state index in [9.17, 15) is 0 Å². The van der Waals surface area contributed by atoms with E-state index in [1.54, 1.807) is 0 Å². The van der Waals surface area contributed by atoms with Crippen LogP contribution in [0, 0.1) is 0 Å². The summed E-state index contributed by atoms with van der Waals surface area (Å²) in [4.78, 5) is 0. The van der Waals surface area contributed by atoms with Gasteiger partial charge in [0.1, 0.15) is 0 Å². The second-order valence-corrected chi connectivity index (χ2v) is 3.09. The van der Waals surface area contributed by atoms with Crippen molar-refractivity contribution in [1.82, 2.24) is 0 Å². The first kappa shape index (κ1) is 6.43. The molecule has 0 aromatic heterocycles. The van der Waals surface area contributed by atoms with Crippen LogP contribution in [0.3, 0.4) is 0 Å². The summed E-state index contributed by atoms with van der Waals surface area (Å²) in [5.41, 5.74) is 0. The fraction of sp³-hybridized carbons (Fsp3) is 1.00. The summed E-state index contributed by atoms with van der Waals surface area (Å²) in [5, 5.41) is 0.582. The average Bonchev–Trinajstić information content (AvgIpc) is 1.64. The van der Waals surface area contributed by atoms with Gasteiger partial charge < -0.3 is 4.74 Å². The standard InChI is InChI=1S/C6H12OS/c1-5-4-6(8)2-3-7-5/h5-6,8H,2-4H2,1H3. The number of thiol groups is 1. The molecule has 1 heterocycles. The van der Waals surface area contributed by atoms with Crippen molar-refractivity contribution in [3.63, 3.8) is 0 Å². The predicted molar refractivity (Wildman–Crippen MR) is 37.4 cm³/mol. The van der Waals surface area contributed by atoms with Gasteiger partial charge in [0.2, 0.25) is 0 Å². The molecule has 0 radical (unpaired) electrons. The monoisotopic (exact) mass is 132 g/mol. The molecule has 48 valence electrons. The third-order valence-corrected chi connectivity index (χ3v) is 1.93. The van der Waals surface area contributed by atoms with Crippen molar-refractivity contribution < 1.29 is 4.74 Å². The lowest BCUT2D eigenvalue weighted by atomic mass is 10.1. The van der Waals surface area contributed by atoms with Crippen LogP contribution >= 0.6 is 12.6 Å². The molecule has 1 aliphatic heterocycles. The van der Waals surface area contributed by atoms with E-state index in [1.165, 1.54) is 0 Å². The summed E-state index contributed by atoms with van der Waals surface area (Å²) < 4.78 is 5.30. The molecule has 2 atom stereocenters. The van der Waals surface area contributed by atoms with Gasteiger partial charge in [-0.05, 0) is 19.8 Å². The smallest absolute Gasteiger partial charge is 0.0557 e. The lowest BCUT2D eigenvalue weighted by Gasteiger charge is -2.23. The Morgan fingerprint density at radius 2 is 2.38 bits per heavy atom. The molecule has 8 heavy (non-hydrogen) atoms. The minimum Gasteiger partial charge on any atom is -0.378 e. The molecule has 0 spiro atoms. The fourth-order valence-electron chi connectivity index (χ4n) is 0.974. The van der Waals surface area contributed by atoms with Gasteiger partial charge in [0.15, 0.2) is 0 Å². The van der Waals surface area contributed by atoms with Crippen LogP contribution in [0.1, 0.15) is 19.8 Å². The molecular weight excluding hydrogens is 120 g/mol. The number of hydrogen-bond acceptors (Lipinski definition) is 2. The minimum absolute atomic E-state index is 0.436. The average molecular weight is 132 g/mol. The molecule has 1 aliphatic rings. The zero-order valence-corrected chi connectivity index (χ0v) is 6.03. The molecule has 0 saturated carbocycles. The van der Waals surface area contributed by atoms with Crippen LogP contribution in [0.25, 0.3) is 0 Å². The Hall–Kier alpha value is 0.310. The second-order valence-electron chi connectivity index (χ2n) is 2.36. The second kappa shape index (κ2) is 2.74. The Balaban J connectivity index is 2.23. The van der Waals surface area contributed by atoms with Crippen molar-refractivity contribution in [3.05, 3.63) is 0 Å². The maximum atomic E-state index is 5.30. The highest BCUT2D eigenvalue weighted by Crippen LogP contribution is 2.17. The van der Waals surface area contributed by atoms with E-state index in [0.717, 1.165) is 19.4 Å². The first-order valence-corrected chi connectivity index (χ1v) is 3.60. The SMILES string of the molecule is CC1CC(S)CCO1. The summed E-state index contributed by atoms with van der Waals surface area (Å²) in [6, 6.07) is 0. The first-order valence-electron chi connectivity index (χ1n) is 3.08. The first-order chi connectivity index (χ1) is 3.79. The molecule has 0 N–H and O–H groups in total. The van der Waals surface area contributed by atoms with E-state index < -0.39 is 0 Å². The Labute approximate surface area is 55.8 Å². The van der Waals surface area contributed by atoms with Crippen LogP contribution in [0.4, 0.5) is 0 Å². The summed E-state index contributed by atoms with van der Waals surface area (Å²) in [6.07, 6.45) is 2.67. The molecule has 1 nitrogen and oxygen atoms in total. The summed E-state index contributed by atoms with van der Waals surface area (Å²) in [5.74, 6) is 0. The van der Waals surface area contributed by atoms with Crippen molar-refractivity contribution in [1.29, 1.82) is 0 Å². The molecule has 0 bridgehead atoms. The van der Waals surface area contributed by atoms with Gasteiger partial charge in [-0.1, -0.05) is 0 Å². The number of rotatable bonds is 0. The van der Waals surface area contributed by atoms with Crippen LogP contribution in [0.2, 0.25) is 0 Å². The molecule has 0 aliphatic carbocycles. The Morgan fingerprint density at radius 3 is 2.75 bits per heavy atom. The van der Waals surface area contributed by atoms with Gasteiger partial charge >= 0.3 is 0 Å². The Kier molecular flexibility index (Phi) is 2.20. The molecular formula is C6H12OS. The van der Waals surface area contributed by atoms with Gasteiger partial charge in [0.25, 0.3) is 0 Å². The molecule has 2 unspecified atom stereocenters. The van der Waals surface area contributed by atoms with Crippen molar-refractivity contribution >= 4 is 12.6 Å². The highest BCUT2D eigenvalue weighted by Gasteiger charge is 2.14. The van der Waals surface area contributed by atoms with Crippen molar-refractivity contribution in [2.75, 3.05) is 6.61 Å². The minimum atomic E-state index is 0.436. The zero-order valence-electron chi connectivity index (χ0n) is 5.13. The van der Waals surface area contributed by atoms with E-state index in [0.29, 0.717) is 11.4 Å². The summed E-state index contributed by atoms with van der Waals surface area (Å²) >= 11 is 4.34. The molecule has 1 rings (SSSR count). The van der Waals surface area contributed by atoms with Crippen LogP contribution in [-0.4, -0.2) is 18.0 Å². The van der Waals surface area contributed by atoms with Gasteiger partial charge in [-0.25, -0.2) is 0 Å². The Bertz CT molecular complexity index is 66.9. The molecule has 1 saturated heterocycles. The van der Waals surface area contributed by atoms with Crippen LogP contribution in [0.5, 0.6) is 0 Å². The van der Waals surface area contributed by atoms with Gasteiger partial charge in [0.05, 0.1) is 6.10 Å². The highest BCUT2D eigenvalue weighted by molar-refractivity contribution is 7.80. The number of hydrogen-bond donors (Lipinski definition) is 1. The van der Waals surface area contributed by atoms with Crippen molar-refractivity contribution in [2.45, 2.75) is 31.1 Å². The molecule has 0 aromatic rings. The van der Waals surface area contributed by atoms with Gasteiger partial charge in [0, 0.05) is 11.9 Å². The van der Waals surface area contributed by atoms with E-state index in [-0.39, 0.29) is 0 Å². The highest BCUT2D eigenvalue weighted by atomic mass is 32.1. The van der Waals surface area contributed by atoms with Crippen LogP contribution in [-0.2, 0) is 4.74 Å². The molecule has 2 heteroatoms. The van der Waals surface area contributed by atoms with E-state index in [4.69, 9.17) is 4.74 Å². The van der Waals surface area contributed by atoms with E-state index in [1.807, 2.05) is 0 Å². The van der Waals surface area contributed by atoms with Gasteiger partial charge in [-0.2, -0.15) is 12.6 Å². The zero-order chi connectivity index (χ0) is 5.98. The van der Waals surface area contributed by atoms with Crippen LogP contribution in [0.15, 0.2) is 0 Å². The predicted octanol–water partition coefficient (Wildman–Crippen LogP) is 1.48. The molecule has 0 aromatic carbocycles. The van der Waals surface area contributed by atoms with Gasteiger partial charge in [-0.3, -0.25) is 0 Å². The third kappa shape index (κ3) is 1.67. The normalized spacial score (nSPS) is 39.8. The largest absolute Gasteiger partial charge is 0.378 e. The molecule has 1 fully saturated rings. The fourth-order valence-corrected chi connectivity index (χ4v) is 1.38. The third-order valence-electron chi connectivity index (χ3n) is 1.46. The quantitative estimate of drug-likeness (QED) is 0.491. The number of ether oxygens (including phenoxy) is 1. The molecule has 0 amide bonds. The van der Waals surface area contributed by atoms with Crippen molar-refractivity contribution in [3.8, 4) is 0 Å². The van der Waals surface area contributed by atoms with Gasteiger partial charge in [-0.15, -0.1) is 0 Å². The topological polar surface area (TPSA) is 9.23 Å². The summed E-state index contributed by atoms with van der Waals surface area (Å²) in [6.45, 7) is 3.00. The Morgan fingerprint density at radius 1 is 1.62 bits per heavy atom. The van der Waals surface area contributed by atoms with E-state index >= 15 is 0 Å². The van der Waals surface area contributed by atoms with Crippen molar-refractivity contribution in [2.24, 2.45) is 0 Å². The lowest BCUT2D eigenvalue weighted by molar-refractivity contribution is 0.0317. The van der Waals surface area contributed by atoms with Crippen LogP contribution < -0.4 is 0 Å². The van der Waals surface area contributed by atoms with E-state index in [2.05, 4.69) is 19.6 Å². The lowest BCUT2D eigenvalue weighted by Crippen LogP contribution is -2.22. The maximum Gasteiger partial charge on any atom is 0.0557 e.